The van der Waals surface area contributed by atoms with Gasteiger partial charge in [0.1, 0.15) is 0 Å². The van der Waals surface area contributed by atoms with Crippen LogP contribution >= 0.6 is 0 Å². The molecular weight excluding hydrogens is 306 g/mol. The number of aliphatic imine (C=N–C) groups is 1. The van der Waals surface area contributed by atoms with E-state index in [9.17, 15) is 0 Å². The Balaban J connectivity index is 1.43. The molecule has 1 aromatic carbocycles. The van der Waals surface area contributed by atoms with Crippen LogP contribution in [0.4, 0.5) is 0 Å². The zero-order valence-corrected chi connectivity index (χ0v) is 15.3. The molecule has 1 aliphatic carbocycles. The van der Waals surface area contributed by atoms with Gasteiger partial charge in [-0.3, -0.25) is 4.99 Å². The first kappa shape index (κ1) is 16.6. The molecule has 1 fully saturated rings. The molecule has 0 bridgehead atoms. The molecule has 0 saturated heterocycles. The summed E-state index contributed by atoms with van der Waals surface area (Å²) in [5.74, 6) is 0.718. The third kappa shape index (κ3) is 3.72. The van der Waals surface area contributed by atoms with Gasteiger partial charge in [-0.15, -0.1) is 0 Å². The smallest absolute Gasteiger partial charge is 0.0626 e. The second kappa shape index (κ2) is 7.57. The average molecular weight is 335 g/mol. The van der Waals surface area contributed by atoms with Crippen LogP contribution in [0.5, 0.6) is 0 Å². The highest BCUT2D eigenvalue weighted by Gasteiger charge is 2.27. The Labute approximate surface area is 151 Å². The Morgan fingerprint density at radius 3 is 2.68 bits per heavy atom. The summed E-state index contributed by atoms with van der Waals surface area (Å²) in [6.07, 6.45) is 6.31. The van der Waals surface area contributed by atoms with E-state index in [0.29, 0.717) is 0 Å². The van der Waals surface area contributed by atoms with Crippen molar-refractivity contribution in [3.05, 3.63) is 59.4 Å². The topological polar surface area (TPSA) is 20.5 Å². The van der Waals surface area contributed by atoms with E-state index in [0.717, 1.165) is 38.5 Å². The van der Waals surface area contributed by atoms with Gasteiger partial charge >= 0.3 is 0 Å². The maximum atomic E-state index is 4.94. The number of benzene rings is 1. The number of nitrogens with zero attached hydrogens (tertiary/aromatic N) is 3. The molecule has 2 aliphatic rings. The molecule has 0 amide bonds. The van der Waals surface area contributed by atoms with E-state index in [2.05, 4.69) is 59.0 Å². The average Bonchev–Trinajstić information content (AvgIpc) is 2.85. The monoisotopic (exact) mass is 335 g/mol. The van der Waals surface area contributed by atoms with Gasteiger partial charge in [0.05, 0.1) is 11.4 Å². The van der Waals surface area contributed by atoms with Gasteiger partial charge in [-0.2, -0.15) is 0 Å². The second-order valence-corrected chi connectivity index (χ2v) is 7.58. The molecule has 25 heavy (non-hydrogen) atoms. The molecule has 2 aromatic rings. The summed E-state index contributed by atoms with van der Waals surface area (Å²) in [5, 5.41) is 0. The largest absolute Gasteiger partial charge is 0.342 e. The highest BCUT2D eigenvalue weighted by molar-refractivity contribution is 6.01. The summed E-state index contributed by atoms with van der Waals surface area (Å²) in [7, 11) is 2.24. The standard InChI is InChI=1S/C22H29N3/c1-24(16-13-18-7-3-2-4-8-18)17-20-11-12-21-22(19-9-5-10-19)23-14-6-15-25(20)21/h2-4,7-8,11-12,19H,5-6,9-10,13-17H2,1H3. The second-order valence-electron chi connectivity index (χ2n) is 7.58. The third-order valence-corrected chi connectivity index (χ3v) is 5.70. The van der Waals surface area contributed by atoms with Crippen molar-refractivity contribution in [2.75, 3.05) is 20.1 Å². The van der Waals surface area contributed by atoms with Crippen LogP contribution < -0.4 is 0 Å². The van der Waals surface area contributed by atoms with Crippen molar-refractivity contribution in [2.45, 2.75) is 45.2 Å². The van der Waals surface area contributed by atoms with E-state index in [1.54, 1.807) is 0 Å². The van der Waals surface area contributed by atoms with Gasteiger partial charge in [-0.1, -0.05) is 36.8 Å². The third-order valence-electron chi connectivity index (χ3n) is 5.70. The summed E-state index contributed by atoms with van der Waals surface area (Å²) in [5.41, 5.74) is 5.65. The number of fused-ring (bicyclic) bond motifs is 1. The minimum atomic E-state index is 0.718. The van der Waals surface area contributed by atoms with Crippen LogP contribution in [-0.2, 0) is 19.5 Å². The molecule has 2 heterocycles. The van der Waals surface area contributed by atoms with Gasteiger partial charge in [0.2, 0.25) is 0 Å². The predicted octanol–water partition coefficient (Wildman–Crippen LogP) is 4.16. The van der Waals surface area contributed by atoms with Crippen molar-refractivity contribution in [3.8, 4) is 0 Å². The Morgan fingerprint density at radius 2 is 1.92 bits per heavy atom. The minimum Gasteiger partial charge on any atom is -0.342 e. The van der Waals surface area contributed by atoms with Crippen molar-refractivity contribution < 1.29 is 0 Å². The normalized spacial score (nSPS) is 17.8. The summed E-state index contributed by atoms with van der Waals surface area (Å²) in [6, 6.07) is 15.4. The molecule has 132 valence electrons. The minimum absolute atomic E-state index is 0.718. The number of hydrogen-bond donors (Lipinski definition) is 0. The zero-order valence-electron chi connectivity index (χ0n) is 15.3. The molecule has 0 unspecified atom stereocenters. The van der Waals surface area contributed by atoms with Crippen LogP contribution in [0.1, 0.15) is 42.6 Å². The van der Waals surface area contributed by atoms with Crippen molar-refractivity contribution in [1.29, 1.82) is 0 Å². The van der Waals surface area contributed by atoms with Gasteiger partial charge in [0.15, 0.2) is 0 Å². The van der Waals surface area contributed by atoms with E-state index in [-0.39, 0.29) is 0 Å². The van der Waals surface area contributed by atoms with E-state index < -0.39 is 0 Å². The highest BCUT2D eigenvalue weighted by Crippen LogP contribution is 2.32. The molecular formula is C22H29N3. The lowest BCUT2D eigenvalue weighted by atomic mass is 9.80. The van der Waals surface area contributed by atoms with E-state index in [4.69, 9.17) is 4.99 Å². The van der Waals surface area contributed by atoms with Crippen molar-refractivity contribution >= 4 is 5.71 Å². The van der Waals surface area contributed by atoms with Crippen LogP contribution in [0.15, 0.2) is 47.5 Å². The maximum Gasteiger partial charge on any atom is 0.0626 e. The molecule has 0 N–H and O–H groups in total. The van der Waals surface area contributed by atoms with Crippen LogP contribution in [0, 0.1) is 5.92 Å². The first-order chi connectivity index (χ1) is 12.3. The molecule has 3 heteroatoms. The molecule has 0 spiro atoms. The number of aromatic nitrogens is 1. The molecule has 0 atom stereocenters. The fourth-order valence-corrected chi connectivity index (χ4v) is 3.99. The van der Waals surface area contributed by atoms with E-state index >= 15 is 0 Å². The predicted molar refractivity (Wildman–Crippen MR) is 104 cm³/mol. The first-order valence-electron chi connectivity index (χ1n) is 9.77. The lowest BCUT2D eigenvalue weighted by Crippen LogP contribution is -2.26. The maximum absolute atomic E-state index is 4.94. The summed E-state index contributed by atoms with van der Waals surface area (Å²) in [4.78, 5) is 7.38. The SMILES string of the molecule is CN(CCc1ccccc1)Cc1ccc2n1CCCN=C2C1CCC1. The Kier molecular flexibility index (Phi) is 5.02. The fraction of sp³-hybridized carbons (Fsp3) is 0.500. The quantitative estimate of drug-likeness (QED) is 0.776. The molecule has 0 radical (unpaired) electrons. The highest BCUT2D eigenvalue weighted by atomic mass is 15.1. The van der Waals surface area contributed by atoms with Gasteiger partial charge in [-0.25, -0.2) is 0 Å². The molecule has 1 saturated carbocycles. The van der Waals surface area contributed by atoms with Gasteiger partial charge < -0.3 is 9.47 Å². The van der Waals surface area contributed by atoms with E-state index in [1.807, 2.05) is 0 Å². The molecule has 3 nitrogen and oxygen atoms in total. The number of hydrogen-bond acceptors (Lipinski definition) is 2. The van der Waals surface area contributed by atoms with Gasteiger partial charge in [0, 0.05) is 37.8 Å². The van der Waals surface area contributed by atoms with E-state index in [1.165, 1.54) is 48.3 Å². The zero-order chi connectivity index (χ0) is 17.1. The number of likely N-dealkylation sites (N-methyl/N-ethyl adjacent to an activating group) is 1. The first-order valence-corrected chi connectivity index (χ1v) is 9.77. The van der Waals surface area contributed by atoms with Crippen molar-refractivity contribution in [3.63, 3.8) is 0 Å². The van der Waals surface area contributed by atoms with Crippen LogP contribution in [0.25, 0.3) is 0 Å². The summed E-state index contributed by atoms with van der Waals surface area (Å²) >= 11 is 0. The van der Waals surface area contributed by atoms with Crippen LogP contribution in [-0.4, -0.2) is 35.3 Å². The Hall–Kier alpha value is -1.87. The summed E-state index contributed by atoms with van der Waals surface area (Å²) < 4.78 is 2.54. The number of rotatable bonds is 6. The van der Waals surface area contributed by atoms with Crippen LogP contribution in [0.2, 0.25) is 0 Å². The Morgan fingerprint density at radius 1 is 1.08 bits per heavy atom. The Bertz CT molecular complexity index is 725. The van der Waals surface area contributed by atoms with Crippen molar-refractivity contribution in [2.24, 2.45) is 10.9 Å². The van der Waals surface area contributed by atoms with Gasteiger partial charge in [-0.05, 0) is 50.4 Å². The lowest BCUT2D eigenvalue weighted by Gasteiger charge is -2.27. The molecule has 1 aliphatic heterocycles. The molecule has 1 aromatic heterocycles. The lowest BCUT2D eigenvalue weighted by molar-refractivity contribution is 0.321. The molecule has 4 rings (SSSR count). The van der Waals surface area contributed by atoms with Gasteiger partial charge in [0.25, 0.3) is 0 Å². The summed E-state index contributed by atoms with van der Waals surface area (Å²) in [6.45, 7) is 4.22. The fourth-order valence-electron chi connectivity index (χ4n) is 3.99. The van der Waals surface area contributed by atoms with Crippen molar-refractivity contribution in [1.82, 2.24) is 9.47 Å². The van der Waals surface area contributed by atoms with Crippen LogP contribution in [0.3, 0.4) is 0 Å².